The third kappa shape index (κ3) is 3.53. The minimum atomic E-state index is -0.390. The highest BCUT2D eigenvalue weighted by Crippen LogP contribution is 2.15. The average Bonchev–Trinajstić information content (AvgIpc) is 1.99. The molecule has 0 aliphatic heterocycles. The lowest BCUT2D eigenvalue weighted by Gasteiger charge is -2.03. The summed E-state index contributed by atoms with van der Waals surface area (Å²) in [6, 6.07) is 0. The third-order valence-corrected chi connectivity index (χ3v) is 1.50. The molecule has 2 nitrogen and oxygen atoms in total. The summed E-state index contributed by atoms with van der Waals surface area (Å²) in [4.78, 5) is 11.1. The summed E-state index contributed by atoms with van der Waals surface area (Å²) in [5, 5.41) is 0. The normalized spacial score (nSPS) is 10.7. The highest BCUT2D eigenvalue weighted by Gasteiger charge is 2.10. The van der Waals surface area contributed by atoms with Gasteiger partial charge in [0.1, 0.15) is 0 Å². The van der Waals surface area contributed by atoms with Crippen LogP contribution in [-0.2, 0) is 9.53 Å². The van der Waals surface area contributed by atoms with Crippen molar-refractivity contribution in [3.05, 3.63) is 35.4 Å². The lowest BCUT2D eigenvalue weighted by molar-refractivity contribution is -0.138. The van der Waals surface area contributed by atoms with Crippen molar-refractivity contribution < 1.29 is 9.53 Å². The van der Waals surface area contributed by atoms with Crippen LogP contribution in [0.15, 0.2) is 35.4 Å². The summed E-state index contributed by atoms with van der Waals surface area (Å²) in [5.41, 5.74) is 0.395. The second kappa shape index (κ2) is 5.77. The van der Waals surface area contributed by atoms with Gasteiger partial charge in [-0.3, -0.25) is 0 Å². The van der Waals surface area contributed by atoms with Crippen molar-refractivity contribution in [2.75, 3.05) is 6.61 Å². The van der Waals surface area contributed by atoms with Crippen LogP contribution in [0.3, 0.4) is 0 Å². The molecule has 0 rings (SSSR count). The van der Waals surface area contributed by atoms with Gasteiger partial charge >= 0.3 is 5.97 Å². The second-order valence-electron chi connectivity index (χ2n) is 1.94. The fourth-order valence-electron chi connectivity index (χ4n) is 0.596. The van der Waals surface area contributed by atoms with Crippen molar-refractivity contribution in [2.45, 2.75) is 6.92 Å². The Kier molecular flexibility index (Phi) is 5.37. The Labute approximate surface area is 80.7 Å². The summed E-state index contributed by atoms with van der Waals surface area (Å²) < 4.78 is 5.27. The number of allylic oxidation sites excluding steroid dienone is 2. The van der Waals surface area contributed by atoms with Gasteiger partial charge in [0.15, 0.2) is 0 Å². The zero-order valence-corrected chi connectivity index (χ0v) is 8.56. The van der Waals surface area contributed by atoms with Gasteiger partial charge in [-0.25, -0.2) is 4.79 Å². The van der Waals surface area contributed by atoms with E-state index in [9.17, 15) is 4.79 Å². The third-order valence-electron chi connectivity index (χ3n) is 1.07. The summed E-state index contributed by atoms with van der Waals surface area (Å²) in [5.74, 6) is -0.390. The Morgan fingerprint density at radius 1 is 1.67 bits per heavy atom. The predicted molar refractivity (Wildman–Crippen MR) is 53.0 cm³/mol. The minimum Gasteiger partial charge on any atom is -0.462 e. The maximum atomic E-state index is 11.1. The summed E-state index contributed by atoms with van der Waals surface area (Å²) in [7, 11) is 0. The maximum absolute atomic E-state index is 11.1. The molecule has 66 valence electrons. The van der Waals surface area contributed by atoms with Crippen molar-refractivity contribution in [2.24, 2.45) is 0 Å². The lowest BCUT2D eigenvalue weighted by atomic mass is 10.2. The fourth-order valence-corrected chi connectivity index (χ4v) is 0.890. The van der Waals surface area contributed by atoms with Gasteiger partial charge in [-0.05, 0) is 13.0 Å². The predicted octanol–water partition coefficient (Wildman–Crippen LogP) is 2.57. The standard InChI is InChI=1S/C9H11BrO2/c1-4-6-8(7(3)10)9(11)12-5-2/h4,6H,1,3,5H2,2H3/b8-6+. The van der Waals surface area contributed by atoms with Crippen molar-refractivity contribution in [3.63, 3.8) is 0 Å². The maximum Gasteiger partial charge on any atom is 0.339 e. The molecule has 12 heavy (non-hydrogen) atoms. The van der Waals surface area contributed by atoms with Crippen molar-refractivity contribution in [1.82, 2.24) is 0 Å². The molecule has 0 N–H and O–H groups in total. The number of hydrogen-bond donors (Lipinski definition) is 0. The van der Waals surface area contributed by atoms with E-state index < -0.39 is 0 Å². The molecule has 3 heteroatoms. The Morgan fingerprint density at radius 3 is 2.58 bits per heavy atom. The zero-order chi connectivity index (χ0) is 9.56. The highest BCUT2D eigenvalue weighted by atomic mass is 79.9. The van der Waals surface area contributed by atoms with Gasteiger partial charge in [0.2, 0.25) is 0 Å². The second-order valence-corrected chi connectivity index (χ2v) is 2.90. The van der Waals surface area contributed by atoms with Crippen LogP contribution in [0.1, 0.15) is 6.92 Å². The van der Waals surface area contributed by atoms with Crippen molar-refractivity contribution >= 4 is 21.9 Å². The molecule has 0 aromatic carbocycles. The minimum absolute atomic E-state index is 0.355. The first kappa shape index (κ1) is 11.2. The van der Waals surface area contributed by atoms with Gasteiger partial charge in [0.25, 0.3) is 0 Å². The number of esters is 1. The van der Waals surface area contributed by atoms with Crippen LogP contribution in [-0.4, -0.2) is 12.6 Å². The summed E-state index contributed by atoms with van der Waals surface area (Å²) in [6.07, 6.45) is 3.06. The van der Waals surface area contributed by atoms with Crippen LogP contribution in [0.25, 0.3) is 0 Å². The summed E-state index contributed by atoms with van der Waals surface area (Å²) >= 11 is 3.10. The first-order valence-electron chi connectivity index (χ1n) is 3.48. The molecule has 0 radical (unpaired) electrons. The molecule has 0 heterocycles. The molecule has 0 bridgehead atoms. The van der Waals surface area contributed by atoms with E-state index in [4.69, 9.17) is 4.74 Å². The molecule has 0 amide bonds. The number of carbonyl (C=O) groups excluding carboxylic acids is 1. The molecule has 0 aromatic rings. The first-order chi connectivity index (χ1) is 5.63. The van der Waals surface area contributed by atoms with Gasteiger partial charge in [-0.15, -0.1) is 0 Å². The van der Waals surface area contributed by atoms with E-state index in [1.54, 1.807) is 13.0 Å². The summed E-state index contributed by atoms with van der Waals surface area (Å²) in [6.45, 7) is 9.16. The lowest BCUT2D eigenvalue weighted by Crippen LogP contribution is -2.07. The van der Waals surface area contributed by atoms with Gasteiger partial charge in [0.05, 0.1) is 12.2 Å². The fraction of sp³-hybridized carbons (Fsp3) is 0.222. The monoisotopic (exact) mass is 230 g/mol. The number of rotatable bonds is 4. The van der Waals surface area contributed by atoms with Crippen molar-refractivity contribution in [1.29, 1.82) is 0 Å². The van der Waals surface area contributed by atoms with Crippen molar-refractivity contribution in [3.8, 4) is 0 Å². The SMILES string of the molecule is C=C/C=C(\C(=C)Br)C(=O)OCC. The van der Waals surface area contributed by atoms with Crippen LogP contribution in [0, 0.1) is 0 Å². The molecule has 0 fully saturated rings. The molecular formula is C9H11BrO2. The topological polar surface area (TPSA) is 26.3 Å². The molecule has 0 atom stereocenters. The Morgan fingerprint density at radius 2 is 2.25 bits per heavy atom. The van der Waals surface area contributed by atoms with E-state index in [0.717, 1.165) is 0 Å². The average molecular weight is 231 g/mol. The zero-order valence-electron chi connectivity index (χ0n) is 6.97. The van der Waals surface area contributed by atoms with Gasteiger partial charge < -0.3 is 4.74 Å². The van der Waals surface area contributed by atoms with Gasteiger partial charge in [-0.2, -0.15) is 0 Å². The van der Waals surface area contributed by atoms with Crippen LogP contribution in [0.5, 0.6) is 0 Å². The molecule has 0 unspecified atom stereocenters. The van der Waals surface area contributed by atoms with E-state index in [1.165, 1.54) is 6.08 Å². The molecule has 0 aliphatic carbocycles. The van der Waals surface area contributed by atoms with Crippen LogP contribution < -0.4 is 0 Å². The Balaban J connectivity index is 4.52. The molecule has 0 aliphatic rings. The van der Waals surface area contributed by atoms with Crippen LogP contribution >= 0.6 is 15.9 Å². The van der Waals surface area contributed by atoms with E-state index in [0.29, 0.717) is 16.7 Å². The van der Waals surface area contributed by atoms with Gasteiger partial charge in [-0.1, -0.05) is 35.2 Å². The van der Waals surface area contributed by atoms with E-state index in [1.807, 2.05) is 0 Å². The Bertz CT molecular complexity index is 229. The van der Waals surface area contributed by atoms with Crippen LogP contribution in [0.4, 0.5) is 0 Å². The Hall–Kier alpha value is -0.830. The molecule has 0 saturated carbocycles. The van der Waals surface area contributed by atoms with E-state index >= 15 is 0 Å². The van der Waals surface area contributed by atoms with E-state index in [-0.39, 0.29) is 5.97 Å². The van der Waals surface area contributed by atoms with Crippen LogP contribution in [0.2, 0.25) is 0 Å². The quantitative estimate of drug-likeness (QED) is 0.422. The smallest absolute Gasteiger partial charge is 0.339 e. The number of ether oxygens (including phenoxy) is 1. The molecule has 0 spiro atoms. The number of hydrogen-bond acceptors (Lipinski definition) is 2. The molecule has 0 aromatic heterocycles. The first-order valence-corrected chi connectivity index (χ1v) is 4.27. The van der Waals surface area contributed by atoms with E-state index in [2.05, 4.69) is 29.1 Å². The highest BCUT2D eigenvalue weighted by molar-refractivity contribution is 9.12. The number of halogens is 1. The molecular weight excluding hydrogens is 220 g/mol. The molecule has 0 saturated heterocycles. The van der Waals surface area contributed by atoms with Gasteiger partial charge in [0, 0.05) is 4.48 Å². The number of carbonyl (C=O) groups is 1. The largest absolute Gasteiger partial charge is 0.462 e.